The lowest BCUT2D eigenvalue weighted by Gasteiger charge is -2.35. The highest BCUT2D eigenvalue weighted by Gasteiger charge is 2.48. The topological polar surface area (TPSA) is 73.4 Å². The second-order valence-electron chi connectivity index (χ2n) is 13.1. The highest BCUT2D eigenvalue weighted by Crippen LogP contribution is 2.52. The predicted octanol–water partition coefficient (Wildman–Crippen LogP) is 6.69. The summed E-state index contributed by atoms with van der Waals surface area (Å²) >= 11 is 0. The molecule has 0 bridgehead atoms. The number of rotatable bonds is 2. The molecule has 2 N–H and O–H groups in total. The maximum Gasteiger partial charge on any atom is 0.165 e. The van der Waals surface area contributed by atoms with Gasteiger partial charge in [0.15, 0.2) is 5.78 Å². The maximum absolute atomic E-state index is 13.3. The summed E-state index contributed by atoms with van der Waals surface area (Å²) in [5.41, 5.74) is 10.4. The molecule has 5 heteroatoms. The predicted molar refractivity (Wildman–Crippen MR) is 164 cm³/mol. The molecule has 0 amide bonds. The first-order chi connectivity index (χ1) is 18.2. The minimum Gasteiger partial charge on any atom is -0.355 e. The number of hydrogen-bond acceptors (Lipinski definition) is 3. The fraction of sp³-hybridized carbons (Fsp3) is 0.500. The van der Waals surface area contributed by atoms with Crippen LogP contribution in [-0.4, -0.2) is 27.7 Å². The van der Waals surface area contributed by atoms with E-state index < -0.39 is 0 Å². The number of fused-ring (bicyclic) bond motifs is 1. The first-order valence-electron chi connectivity index (χ1n) is 14.4. The second-order valence-corrected chi connectivity index (χ2v) is 13.1. The Hall–Kier alpha value is -3.21. The molecule has 0 aromatic carbocycles. The van der Waals surface area contributed by atoms with Gasteiger partial charge in [-0.15, -0.1) is 0 Å². The van der Waals surface area contributed by atoms with Crippen molar-refractivity contribution in [1.82, 2.24) is 9.97 Å². The zero-order valence-electron chi connectivity index (χ0n) is 25.6. The van der Waals surface area contributed by atoms with E-state index in [4.69, 9.17) is 9.98 Å². The van der Waals surface area contributed by atoms with Crippen molar-refractivity contribution in [2.24, 2.45) is 38.6 Å². The van der Waals surface area contributed by atoms with E-state index in [9.17, 15) is 4.79 Å². The molecule has 0 saturated carbocycles. The number of ketones is 1. The van der Waals surface area contributed by atoms with E-state index >= 15 is 0 Å². The molecule has 39 heavy (non-hydrogen) atoms. The number of aromatic nitrogens is 2. The van der Waals surface area contributed by atoms with Crippen LogP contribution in [0.1, 0.15) is 100 Å². The number of carbonyl (C=O) groups is 1. The Labute approximate surface area is 233 Å². The van der Waals surface area contributed by atoms with E-state index in [2.05, 4.69) is 111 Å². The lowest BCUT2D eigenvalue weighted by molar-refractivity contribution is 0.0967. The van der Waals surface area contributed by atoms with Gasteiger partial charge in [0.1, 0.15) is 0 Å². The minimum atomic E-state index is -0.204. The van der Waals surface area contributed by atoms with Crippen LogP contribution in [0.3, 0.4) is 0 Å². The van der Waals surface area contributed by atoms with Gasteiger partial charge in [-0.2, -0.15) is 0 Å². The van der Waals surface area contributed by atoms with E-state index in [0.717, 1.165) is 50.3 Å². The Kier molecular flexibility index (Phi) is 6.44. The monoisotopic (exact) mass is 524 g/mol. The third-order valence-corrected chi connectivity index (χ3v) is 10.3. The first-order valence-corrected chi connectivity index (χ1v) is 14.4. The lowest BCUT2D eigenvalue weighted by atomic mass is 9.66. The van der Waals surface area contributed by atoms with E-state index in [1.807, 2.05) is 0 Å². The summed E-state index contributed by atoms with van der Waals surface area (Å²) < 4.78 is 0. The molecule has 0 spiro atoms. The molecule has 2 aromatic heterocycles. The van der Waals surface area contributed by atoms with Crippen molar-refractivity contribution >= 4 is 41.5 Å². The molecule has 5 nitrogen and oxygen atoms in total. The van der Waals surface area contributed by atoms with Crippen LogP contribution >= 0.6 is 0 Å². The SMILES string of the molecule is C/C=c1\[nH]/c(=C\C2=NC(=C\c3[nH]c4c(c3C)C(=O)CC(C)/C4=C3/N=CC(C)C3C)/C(C)(C)C2(C)C)c(C)c1C. The average Bonchev–Trinajstić information content (AvgIpc) is 3.50. The average molecular weight is 525 g/mol. The summed E-state index contributed by atoms with van der Waals surface area (Å²) in [4.78, 5) is 30.6. The first kappa shape index (κ1) is 27.4. The van der Waals surface area contributed by atoms with Gasteiger partial charge in [0.2, 0.25) is 0 Å². The third kappa shape index (κ3) is 3.99. The zero-order chi connectivity index (χ0) is 28.6. The lowest BCUT2D eigenvalue weighted by Crippen LogP contribution is -2.35. The summed E-state index contributed by atoms with van der Waals surface area (Å²) in [6.07, 6.45) is 9.10. The largest absolute Gasteiger partial charge is 0.355 e. The maximum atomic E-state index is 13.3. The van der Waals surface area contributed by atoms with Crippen molar-refractivity contribution in [3.8, 4) is 0 Å². The number of hydrogen-bond donors (Lipinski definition) is 2. The molecule has 206 valence electrons. The molecule has 3 unspecified atom stereocenters. The second kappa shape index (κ2) is 9.18. The minimum absolute atomic E-state index is 0.141. The molecule has 1 aliphatic carbocycles. The number of H-pyrrole nitrogens is 2. The van der Waals surface area contributed by atoms with E-state index in [-0.39, 0.29) is 22.5 Å². The Morgan fingerprint density at radius 3 is 2.18 bits per heavy atom. The van der Waals surface area contributed by atoms with Crippen molar-refractivity contribution in [2.75, 3.05) is 0 Å². The molecular formula is C34H44N4O. The van der Waals surface area contributed by atoms with Gasteiger partial charge in [-0.25, -0.2) is 0 Å². The summed E-state index contributed by atoms with van der Waals surface area (Å²) in [5, 5.41) is 2.28. The van der Waals surface area contributed by atoms with Crippen molar-refractivity contribution in [2.45, 2.75) is 82.6 Å². The Balaban J connectivity index is 1.67. The van der Waals surface area contributed by atoms with Crippen molar-refractivity contribution in [3.63, 3.8) is 0 Å². The number of aromatic amines is 2. The number of Topliss-reactive ketones (excluding diaryl/α,β-unsaturated/α-hetero) is 1. The molecule has 0 saturated heterocycles. The summed E-state index contributed by atoms with van der Waals surface area (Å²) in [6.45, 7) is 24.2. The fourth-order valence-corrected chi connectivity index (χ4v) is 6.34. The molecule has 0 fully saturated rings. The Morgan fingerprint density at radius 1 is 0.923 bits per heavy atom. The van der Waals surface area contributed by atoms with Crippen LogP contribution in [-0.2, 0) is 0 Å². The highest BCUT2D eigenvalue weighted by atomic mass is 16.1. The Bertz CT molecular complexity index is 1630. The molecule has 2 aliphatic heterocycles. The van der Waals surface area contributed by atoms with E-state index in [1.165, 1.54) is 16.7 Å². The quantitative estimate of drug-likeness (QED) is 0.451. The number of nitrogens with one attached hydrogen (secondary N) is 2. The van der Waals surface area contributed by atoms with Gasteiger partial charge in [-0.3, -0.25) is 14.8 Å². The number of carbonyl (C=O) groups excluding carboxylic acids is 1. The van der Waals surface area contributed by atoms with Gasteiger partial charge >= 0.3 is 0 Å². The Morgan fingerprint density at radius 2 is 1.59 bits per heavy atom. The van der Waals surface area contributed by atoms with Crippen LogP contribution in [0, 0.1) is 49.4 Å². The van der Waals surface area contributed by atoms with Crippen LogP contribution < -0.4 is 10.7 Å². The van der Waals surface area contributed by atoms with Gasteiger partial charge in [0.25, 0.3) is 0 Å². The van der Waals surface area contributed by atoms with Gasteiger partial charge < -0.3 is 9.97 Å². The van der Waals surface area contributed by atoms with Gasteiger partial charge in [-0.05, 0) is 68.4 Å². The standard InChI is InChI=1S/C34H44N4O/c1-12-23-20(5)21(6)24(36-23)14-27-33(8,9)34(10,11)28(38-27)15-25-22(7)30-26(39)13-17(2)29(32(30)37-25)31-19(4)18(3)16-35-31/h12,14-19,36-37H,13H2,1-11H3/b23-12-,24-14-,28-15-,31-29-. The van der Waals surface area contributed by atoms with Crippen LogP contribution in [0.5, 0.6) is 0 Å². The van der Waals surface area contributed by atoms with E-state index in [1.54, 1.807) is 0 Å². The third-order valence-electron chi connectivity index (χ3n) is 10.3. The molecule has 5 rings (SSSR count). The molecule has 2 aromatic rings. The van der Waals surface area contributed by atoms with Gasteiger partial charge in [0, 0.05) is 74.0 Å². The van der Waals surface area contributed by atoms with Crippen molar-refractivity contribution < 1.29 is 4.79 Å². The van der Waals surface area contributed by atoms with Crippen LogP contribution in [0.4, 0.5) is 0 Å². The summed E-state index contributed by atoms with van der Waals surface area (Å²) in [7, 11) is 0. The summed E-state index contributed by atoms with van der Waals surface area (Å²) in [5.74, 6) is 1.11. The van der Waals surface area contributed by atoms with Crippen molar-refractivity contribution in [1.29, 1.82) is 0 Å². The molecule has 4 heterocycles. The molecule has 3 atom stereocenters. The van der Waals surface area contributed by atoms with Crippen LogP contribution in [0.25, 0.3) is 23.8 Å². The van der Waals surface area contributed by atoms with E-state index in [0.29, 0.717) is 18.3 Å². The smallest absolute Gasteiger partial charge is 0.165 e. The zero-order valence-corrected chi connectivity index (χ0v) is 25.6. The fourth-order valence-electron chi connectivity index (χ4n) is 6.34. The van der Waals surface area contributed by atoms with Crippen LogP contribution in [0.2, 0.25) is 0 Å². The summed E-state index contributed by atoms with van der Waals surface area (Å²) in [6, 6.07) is 0. The van der Waals surface area contributed by atoms with Gasteiger partial charge in [0.05, 0.1) is 5.69 Å². The highest BCUT2D eigenvalue weighted by molar-refractivity contribution is 6.16. The number of allylic oxidation sites excluding steroid dienone is 3. The van der Waals surface area contributed by atoms with Gasteiger partial charge in [-0.1, -0.05) is 54.5 Å². The number of aliphatic imine (C=N–C) groups is 2. The molecule has 0 radical (unpaired) electrons. The number of nitrogens with zero attached hydrogens (tertiary/aromatic N) is 2. The molecular weight excluding hydrogens is 480 g/mol. The van der Waals surface area contributed by atoms with Crippen molar-refractivity contribution in [3.05, 3.63) is 55.7 Å². The van der Waals surface area contributed by atoms with Crippen LogP contribution in [0.15, 0.2) is 21.4 Å². The molecule has 3 aliphatic rings. The normalized spacial score (nSPS) is 29.6.